The molecule has 0 amide bonds. The van der Waals surface area contributed by atoms with Crippen LogP contribution in [0.15, 0.2) is 60.7 Å². The average molecular weight is 427 g/mol. The zero-order valence-electron chi connectivity index (χ0n) is 18.4. The zero-order chi connectivity index (χ0) is 23.1. The Kier molecular flexibility index (Phi) is 11.9. The normalized spacial score (nSPS) is 10.6. The van der Waals surface area contributed by atoms with Gasteiger partial charge in [0.05, 0.1) is 20.8 Å². The molecule has 0 heterocycles. The summed E-state index contributed by atoms with van der Waals surface area (Å²) in [6, 6.07) is 14.6. The minimum absolute atomic E-state index is 0.300. The van der Waals surface area contributed by atoms with Gasteiger partial charge in [0, 0.05) is 12.2 Å². The number of ether oxygens (including phenoxy) is 3. The summed E-state index contributed by atoms with van der Waals surface area (Å²) in [7, 11) is 3.21. The van der Waals surface area contributed by atoms with Gasteiger partial charge in [-0.25, -0.2) is 9.59 Å². The first-order chi connectivity index (χ1) is 14.8. The Labute approximate surface area is 183 Å². The maximum atomic E-state index is 11.4. The molecule has 0 aromatic heterocycles. The molecule has 0 saturated carbocycles. The molecule has 1 N–H and O–H groups in total. The molecule has 6 nitrogen and oxygen atoms in total. The number of hydrogen-bond donors (Lipinski definition) is 1. The van der Waals surface area contributed by atoms with Crippen LogP contribution in [0.25, 0.3) is 12.2 Å². The number of carboxylic acids is 1. The molecular weight excluding hydrogens is 396 g/mol. The topological polar surface area (TPSA) is 82.1 Å². The van der Waals surface area contributed by atoms with Crippen molar-refractivity contribution in [3.05, 3.63) is 71.8 Å². The Morgan fingerprint density at radius 1 is 0.839 bits per heavy atom. The van der Waals surface area contributed by atoms with Crippen molar-refractivity contribution < 1.29 is 28.9 Å². The summed E-state index contributed by atoms with van der Waals surface area (Å²) < 4.78 is 15.1. The average Bonchev–Trinajstić information content (AvgIpc) is 2.77. The Hall–Kier alpha value is -3.54. The van der Waals surface area contributed by atoms with Crippen molar-refractivity contribution in [3.8, 4) is 11.5 Å². The quantitative estimate of drug-likeness (QED) is 0.444. The first-order valence-electron chi connectivity index (χ1n) is 9.88. The van der Waals surface area contributed by atoms with Crippen molar-refractivity contribution >= 4 is 24.1 Å². The third kappa shape index (κ3) is 11.9. The van der Waals surface area contributed by atoms with Crippen LogP contribution in [0, 0.1) is 5.92 Å². The second kappa shape index (κ2) is 14.4. The van der Waals surface area contributed by atoms with E-state index in [4.69, 9.17) is 19.3 Å². The van der Waals surface area contributed by atoms with E-state index >= 15 is 0 Å². The van der Waals surface area contributed by atoms with Crippen LogP contribution in [0.5, 0.6) is 11.5 Å². The van der Waals surface area contributed by atoms with Crippen LogP contribution in [-0.4, -0.2) is 37.9 Å². The van der Waals surface area contributed by atoms with Gasteiger partial charge < -0.3 is 19.3 Å². The number of carbonyl (C=O) groups excluding carboxylic acids is 1. The van der Waals surface area contributed by atoms with E-state index < -0.39 is 5.97 Å². The molecule has 0 aliphatic carbocycles. The summed E-state index contributed by atoms with van der Waals surface area (Å²) in [5.41, 5.74) is 1.78. The van der Waals surface area contributed by atoms with Crippen molar-refractivity contribution in [1.82, 2.24) is 0 Å². The molecule has 0 aliphatic heterocycles. The Balaban J connectivity index is 0.000000327. The number of esters is 1. The molecular formula is C25H30O6. The fourth-order valence-electron chi connectivity index (χ4n) is 2.21. The lowest BCUT2D eigenvalue weighted by atomic mass is 10.1. The second-order valence-electron chi connectivity index (χ2n) is 6.90. The number of benzene rings is 2. The summed E-state index contributed by atoms with van der Waals surface area (Å²) in [5, 5.41) is 8.36. The number of hydrogen-bond acceptors (Lipinski definition) is 5. The predicted molar refractivity (Wildman–Crippen MR) is 122 cm³/mol. The van der Waals surface area contributed by atoms with Gasteiger partial charge in [-0.2, -0.15) is 0 Å². The highest BCUT2D eigenvalue weighted by Gasteiger charge is 1.99. The minimum atomic E-state index is -0.948. The molecule has 0 unspecified atom stereocenters. The molecule has 0 aliphatic rings. The maximum absolute atomic E-state index is 11.4. The lowest BCUT2D eigenvalue weighted by Gasteiger charge is -2.04. The third-order valence-corrected chi connectivity index (χ3v) is 4.00. The van der Waals surface area contributed by atoms with Crippen molar-refractivity contribution in [3.63, 3.8) is 0 Å². The molecule has 0 spiro atoms. The standard InChI is InChI=1S/C15H20O3.C10H10O3/c1-12(2)10-11-18-15(16)9-6-13-4-7-14(17-3)8-5-13;1-13-9-5-2-8(3-6-9)4-7-10(11)12/h4-9,12H,10-11H2,1-3H3;2-7H,1H3,(H,11,12)/b;7-4+. The summed E-state index contributed by atoms with van der Waals surface area (Å²) in [6.45, 7) is 4.67. The molecule has 0 saturated heterocycles. The molecule has 2 aromatic rings. The molecule has 0 bridgehead atoms. The van der Waals surface area contributed by atoms with Gasteiger partial charge >= 0.3 is 11.9 Å². The lowest BCUT2D eigenvalue weighted by Crippen LogP contribution is -2.04. The lowest BCUT2D eigenvalue weighted by molar-refractivity contribution is -0.138. The molecule has 31 heavy (non-hydrogen) atoms. The van der Waals surface area contributed by atoms with E-state index in [1.807, 2.05) is 24.3 Å². The van der Waals surface area contributed by atoms with Gasteiger partial charge in [-0.15, -0.1) is 0 Å². The number of carbonyl (C=O) groups is 2. The minimum Gasteiger partial charge on any atom is -0.497 e. The van der Waals surface area contributed by atoms with Crippen molar-refractivity contribution in [1.29, 1.82) is 0 Å². The highest BCUT2D eigenvalue weighted by Crippen LogP contribution is 2.13. The number of methoxy groups -OCH3 is 2. The molecule has 6 heteroatoms. The van der Waals surface area contributed by atoms with Crippen LogP contribution in [0.3, 0.4) is 0 Å². The van der Waals surface area contributed by atoms with Crippen LogP contribution in [0.2, 0.25) is 0 Å². The SMILES string of the molecule is COc1ccc(/C=C/C(=O)O)cc1.COc1ccc(C=CC(=O)OCCC(C)C)cc1. The Morgan fingerprint density at radius 3 is 1.68 bits per heavy atom. The molecule has 166 valence electrons. The number of carboxylic acid groups (broad SMARTS) is 1. The first-order valence-corrected chi connectivity index (χ1v) is 9.88. The molecule has 2 rings (SSSR count). The molecule has 0 atom stereocenters. The fraction of sp³-hybridized carbons (Fsp3) is 0.280. The monoisotopic (exact) mass is 426 g/mol. The van der Waals surface area contributed by atoms with Gasteiger partial charge in [0.2, 0.25) is 0 Å². The van der Waals surface area contributed by atoms with Crippen molar-refractivity contribution in [2.24, 2.45) is 5.92 Å². The number of rotatable bonds is 9. The van der Waals surface area contributed by atoms with Crippen LogP contribution in [-0.2, 0) is 14.3 Å². The van der Waals surface area contributed by atoms with E-state index in [0.717, 1.165) is 35.1 Å². The van der Waals surface area contributed by atoms with Crippen LogP contribution in [0.4, 0.5) is 0 Å². The van der Waals surface area contributed by atoms with Gasteiger partial charge in [0.1, 0.15) is 11.5 Å². The highest BCUT2D eigenvalue weighted by atomic mass is 16.5. The maximum Gasteiger partial charge on any atom is 0.330 e. The van der Waals surface area contributed by atoms with Gasteiger partial charge in [-0.05, 0) is 59.9 Å². The second-order valence-corrected chi connectivity index (χ2v) is 6.90. The summed E-state index contributed by atoms with van der Waals surface area (Å²) >= 11 is 0. The van der Waals surface area contributed by atoms with Gasteiger partial charge in [-0.3, -0.25) is 0 Å². The molecule has 2 aromatic carbocycles. The third-order valence-electron chi connectivity index (χ3n) is 4.00. The summed E-state index contributed by atoms with van der Waals surface area (Å²) in [4.78, 5) is 21.6. The van der Waals surface area contributed by atoms with Crippen LogP contribution < -0.4 is 9.47 Å². The highest BCUT2D eigenvalue weighted by molar-refractivity contribution is 5.87. The first kappa shape index (κ1) is 25.5. The fourth-order valence-corrected chi connectivity index (χ4v) is 2.21. The van der Waals surface area contributed by atoms with E-state index in [1.54, 1.807) is 44.6 Å². The Bertz CT molecular complexity index is 849. The number of aliphatic carboxylic acids is 1. The predicted octanol–water partition coefficient (Wildman–Crippen LogP) is 5.09. The largest absolute Gasteiger partial charge is 0.497 e. The zero-order valence-corrected chi connectivity index (χ0v) is 18.4. The summed E-state index contributed by atoms with van der Waals surface area (Å²) in [5.74, 6) is 0.852. The van der Waals surface area contributed by atoms with Crippen LogP contribution in [0.1, 0.15) is 31.4 Å². The van der Waals surface area contributed by atoms with Crippen LogP contribution >= 0.6 is 0 Å². The molecule has 0 radical (unpaired) electrons. The Morgan fingerprint density at radius 2 is 1.29 bits per heavy atom. The molecule has 0 fully saturated rings. The van der Waals surface area contributed by atoms with E-state index in [0.29, 0.717) is 12.5 Å². The van der Waals surface area contributed by atoms with Gasteiger partial charge in [-0.1, -0.05) is 38.1 Å². The van der Waals surface area contributed by atoms with E-state index in [-0.39, 0.29) is 5.97 Å². The van der Waals surface area contributed by atoms with Gasteiger partial charge in [0.15, 0.2) is 0 Å². The van der Waals surface area contributed by atoms with Crippen molar-refractivity contribution in [2.75, 3.05) is 20.8 Å². The van der Waals surface area contributed by atoms with Gasteiger partial charge in [0.25, 0.3) is 0 Å². The smallest absolute Gasteiger partial charge is 0.330 e. The van der Waals surface area contributed by atoms with E-state index in [1.165, 1.54) is 12.2 Å². The van der Waals surface area contributed by atoms with Crippen molar-refractivity contribution in [2.45, 2.75) is 20.3 Å². The van der Waals surface area contributed by atoms with E-state index in [9.17, 15) is 9.59 Å². The summed E-state index contributed by atoms with van der Waals surface area (Å²) in [6.07, 6.45) is 6.70. The van der Waals surface area contributed by atoms with E-state index in [2.05, 4.69) is 13.8 Å².